The molecule has 2 nitrogen and oxygen atoms in total. The quantitative estimate of drug-likeness (QED) is 0.854. The van der Waals surface area contributed by atoms with Crippen molar-refractivity contribution in [2.45, 2.75) is 26.8 Å². The van der Waals surface area contributed by atoms with Crippen molar-refractivity contribution in [2.24, 2.45) is 0 Å². The summed E-state index contributed by atoms with van der Waals surface area (Å²) in [7, 11) is 0. The predicted octanol–water partition coefficient (Wildman–Crippen LogP) is 4.03. The molecular weight excluding hydrogens is 246 g/mol. The monoisotopic (exact) mass is 269 g/mol. The number of hydrogen-bond donors (Lipinski definition) is 1. The molecule has 0 fully saturated rings. The van der Waals surface area contributed by atoms with Crippen molar-refractivity contribution < 1.29 is 4.74 Å². The van der Waals surface area contributed by atoms with Gasteiger partial charge in [-0.1, -0.05) is 48.9 Å². The highest BCUT2D eigenvalue weighted by atomic mass is 16.5. The zero-order chi connectivity index (χ0) is 14.4. The summed E-state index contributed by atoms with van der Waals surface area (Å²) in [4.78, 5) is 0. The molecule has 2 aromatic carbocycles. The van der Waals surface area contributed by atoms with Crippen LogP contribution in [0.15, 0.2) is 48.5 Å². The third-order valence-corrected chi connectivity index (χ3v) is 3.41. The summed E-state index contributed by atoms with van der Waals surface area (Å²) in [6.45, 7) is 7.98. The lowest BCUT2D eigenvalue weighted by atomic mass is 9.99. The van der Waals surface area contributed by atoms with Crippen LogP contribution in [0.3, 0.4) is 0 Å². The van der Waals surface area contributed by atoms with Gasteiger partial charge in [-0.25, -0.2) is 0 Å². The molecule has 0 saturated heterocycles. The van der Waals surface area contributed by atoms with Crippen molar-refractivity contribution in [1.82, 2.24) is 5.32 Å². The van der Waals surface area contributed by atoms with Crippen molar-refractivity contribution >= 4 is 0 Å². The van der Waals surface area contributed by atoms with E-state index in [9.17, 15) is 0 Å². The van der Waals surface area contributed by atoms with Crippen molar-refractivity contribution in [3.63, 3.8) is 0 Å². The smallest absolute Gasteiger partial charge is 0.119 e. The summed E-state index contributed by atoms with van der Waals surface area (Å²) in [5, 5.41) is 3.50. The molecule has 2 heteroatoms. The third kappa shape index (κ3) is 3.84. The Balaban J connectivity index is 2.10. The van der Waals surface area contributed by atoms with E-state index in [1.54, 1.807) is 0 Å². The fraction of sp³-hybridized carbons (Fsp3) is 0.333. The van der Waals surface area contributed by atoms with Gasteiger partial charge >= 0.3 is 0 Å². The second-order valence-electron chi connectivity index (χ2n) is 5.09. The largest absolute Gasteiger partial charge is 0.492 e. The van der Waals surface area contributed by atoms with Crippen LogP contribution in [-0.4, -0.2) is 13.2 Å². The second-order valence-corrected chi connectivity index (χ2v) is 5.09. The van der Waals surface area contributed by atoms with Gasteiger partial charge < -0.3 is 10.1 Å². The Kier molecular flexibility index (Phi) is 5.19. The van der Waals surface area contributed by atoms with Crippen LogP contribution in [-0.2, 0) is 0 Å². The minimum absolute atomic E-state index is 0.223. The normalized spacial score (nSPS) is 12.2. The molecule has 0 aliphatic carbocycles. The van der Waals surface area contributed by atoms with Gasteiger partial charge in [-0.3, -0.25) is 0 Å². The van der Waals surface area contributed by atoms with E-state index < -0.39 is 0 Å². The van der Waals surface area contributed by atoms with Gasteiger partial charge in [0, 0.05) is 0 Å². The first-order chi connectivity index (χ1) is 9.70. The summed E-state index contributed by atoms with van der Waals surface area (Å²) in [6.07, 6.45) is 0. The third-order valence-electron chi connectivity index (χ3n) is 3.41. The Bertz CT molecular complexity index is 536. The maximum atomic E-state index is 5.90. The first kappa shape index (κ1) is 14.6. The maximum absolute atomic E-state index is 5.90. The van der Waals surface area contributed by atoms with Crippen LogP contribution in [0.5, 0.6) is 5.75 Å². The lowest BCUT2D eigenvalue weighted by Gasteiger charge is -2.21. The molecule has 1 unspecified atom stereocenters. The van der Waals surface area contributed by atoms with Crippen molar-refractivity contribution in [3.8, 4) is 5.75 Å². The SMILES string of the molecule is CCNC(COc1ccccc1)c1ccc(C)cc1C. The fourth-order valence-corrected chi connectivity index (χ4v) is 2.42. The van der Waals surface area contributed by atoms with Crippen LogP contribution in [0.25, 0.3) is 0 Å². The molecule has 106 valence electrons. The lowest BCUT2D eigenvalue weighted by molar-refractivity contribution is 0.267. The molecule has 0 bridgehead atoms. The summed E-state index contributed by atoms with van der Waals surface area (Å²) < 4.78 is 5.90. The van der Waals surface area contributed by atoms with Crippen LogP contribution in [0, 0.1) is 13.8 Å². The van der Waals surface area contributed by atoms with E-state index >= 15 is 0 Å². The molecule has 0 amide bonds. The molecule has 0 aromatic heterocycles. The standard InChI is InChI=1S/C18H23NO/c1-4-19-18(13-20-16-8-6-5-7-9-16)17-11-10-14(2)12-15(17)3/h5-12,18-19H,4,13H2,1-3H3. The summed E-state index contributed by atoms with van der Waals surface area (Å²) >= 11 is 0. The molecule has 2 rings (SSSR count). The maximum Gasteiger partial charge on any atom is 0.119 e. The van der Waals surface area contributed by atoms with Crippen molar-refractivity contribution in [2.75, 3.05) is 13.2 Å². The summed E-state index contributed by atoms with van der Waals surface area (Å²) in [5.41, 5.74) is 3.92. The first-order valence-electron chi connectivity index (χ1n) is 7.19. The van der Waals surface area contributed by atoms with E-state index in [0.717, 1.165) is 12.3 Å². The first-order valence-corrected chi connectivity index (χ1v) is 7.19. The fourth-order valence-electron chi connectivity index (χ4n) is 2.42. The number of ether oxygens (including phenoxy) is 1. The Labute approximate surface area is 121 Å². The van der Waals surface area contributed by atoms with Gasteiger partial charge in [0.15, 0.2) is 0 Å². The van der Waals surface area contributed by atoms with Crippen LogP contribution >= 0.6 is 0 Å². The van der Waals surface area contributed by atoms with Gasteiger partial charge in [-0.2, -0.15) is 0 Å². The van der Waals surface area contributed by atoms with E-state index in [0.29, 0.717) is 6.61 Å². The number of nitrogens with one attached hydrogen (secondary N) is 1. The van der Waals surface area contributed by atoms with Gasteiger partial charge in [0.05, 0.1) is 6.04 Å². The molecule has 0 aliphatic heterocycles. The molecule has 0 heterocycles. The lowest BCUT2D eigenvalue weighted by Crippen LogP contribution is -2.27. The minimum Gasteiger partial charge on any atom is -0.492 e. The highest BCUT2D eigenvalue weighted by Crippen LogP contribution is 2.20. The van der Waals surface area contributed by atoms with E-state index in [2.05, 4.69) is 44.3 Å². The zero-order valence-corrected chi connectivity index (χ0v) is 12.5. The van der Waals surface area contributed by atoms with Gasteiger partial charge in [-0.05, 0) is 43.7 Å². The summed E-state index contributed by atoms with van der Waals surface area (Å²) in [5.74, 6) is 0.917. The van der Waals surface area contributed by atoms with Crippen LogP contribution in [0.2, 0.25) is 0 Å². The Morgan fingerprint density at radius 1 is 1.05 bits per heavy atom. The molecular formula is C18H23NO. The highest BCUT2D eigenvalue weighted by molar-refractivity contribution is 5.33. The molecule has 0 aliphatic rings. The van der Waals surface area contributed by atoms with E-state index in [-0.39, 0.29) is 6.04 Å². The highest BCUT2D eigenvalue weighted by Gasteiger charge is 2.13. The number of para-hydroxylation sites is 1. The number of hydrogen-bond acceptors (Lipinski definition) is 2. The molecule has 0 spiro atoms. The van der Waals surface area contributed by atoms with Gasteiger partial charge in [-0.15, -0.1) is 0 Å². The number of benzene rings is 2. The molecule has 2 aromatic rings. The van der Waals surface area contributed by atoms with Crippen LogP contribution in [0.1, 0.15) is 29.7 Å². The van der Waals surface area contributed by atoms with Crippen LogP contribution < -0.4 is 10.1 Å². The summed E-state index contributed by atoms with van der Waals surface area (Å²) in [6, 6.07) is 16.8. The van der Waals surface area contributed by atoms with Gasteiger partial charge in [0.1, 0.15) is 12.4 Å². The van der Waals surface area contributed by atoms with Gasteiger partial charge in [0.2, 0.25) is 0 Å². The number of rotatable bonds is 6. The van der Waals surface area contributed by atoms with E-state index in [1.807, 2.05) is 30.3 Å². The molecule has 1 atom stereocenters. The number of likely N-dealkylation sites (N-methyl/N-ethyl adjacent to an activating group) is 1. The predicted molar refractivity (Wildman–Crippen MR) is 84.3 cm³/mol. The second kappa shape index (κ2) is 7.11. The van der Waals surface area contributed by atoms with Gasteiger partial charge in [0.25, 0.3) is 0 Å². The topological polar surface area (TPSA) is 21.3 Å². The molecule has 0 radical (unpaired) electrons. The molecule has 1 N–H and O–H groups in total. The zero-order valence-electron chi connectivity index (χ0n) is 12.5. The average Bonchev–Trinajstić information content (AvgIpc) is 2.45. The van der Waals surface area contributed by atoms with Crippen molar-refractivity contribution in [3.05, 3.63) is 65.2 Å². The Morgan fingerprint density at radius 2 is 1.80 bits per heavy atom. The molecule has 0 saturated carbocycles. The Hall–Kier alpha value is -1.80. The van der Waals surface area contributed by atoms with Crippen molar-refractivity contribution in [1.29, 1.82) is 0 Å². The molecule has 20 heavy (non-hydrogen) atoms. The Morgan fingerprint density at radius 3 is 2.45 bits per heavy atom. The van der Waals surface area contributed by atoms with E-state index in [4.69, 9.17) is 4.74 Å². The van der Waals surface area contributed by atoms with E-state index in [1.165, 1.54) is 16.7 Å². The van der Waals surface area contributed by atoms with Crippen LogP contribution in [0.4, 0.5) is 0 Å². The average molecular weight is 269 g/mol. The number of aryl methyl sites for hydroxylation is 2. The minimum atomic E-state index is 0.223.